The van der Waals surface area contributed by atoms with Crippen molar-refractivity contribution in [3.8, 4) is 16.9 Å². The van der Waals surface area contributed by atoms with Crippen LogP contribution in [0.5, 0.6) is 0 Å². The van der Waals surface area contributed by atoms with E-state index in [9.17, 15) is 19.5 Å². The van der Waals surface area contributed by atoms with Gasteiger partial charge in [0.25, 0.3) is 5.91 Å². The second kappa shape index (κ2) is 11.9. The predicted molar refractivity (Wildman–Crippen MR) is 158 cm³/mol. The first kappa shape index (κ1) is 31.6. The van der Waals surface area contributed by atoms with Crippen LogP contribution in [0, 0.1) is 12.3 Å². The van der Waals surface area contributed by atoms with Crippen molar-refractivity contribution < 1.29 is 19.5 Å². The minimum absolute atomic E-state index is 0.0111. The van der Waals surface area contributed by atoms with E-state index in [2.05, 4.69) is 15.7 Å². The van der Waals surface area contributed by atoms with Gasteiger partial charge in [-0.15, -0.1) is 0 Å². The molecule has 3 aromatic rings. The SMILES string of the molecule is CC(=O)C(NC(=O)C(NC(=O)c1nn(-c2ccc(Cl)cc2Cl)c(-c2ccc(Cl)cc2)c1C)C(C)(C)O)C(C)(C)C. The maximum absolute atomic E-state index is 13.6. The smallest absolute Gasteiger partial charge is 0.272 e. The summed E-state index contributed by atoms with van der Waals surface area (Å²) in [5, 5.41) is 22.0. The van der Waals surface area contributed by atoms with Crippen LogP contribution in [0.1, 0.15) is 57.6 Å². The third-order valence-electron chi connectivity index (χ3n) is 6.40. The minimum Gasteiger partial charge on any atom is -0.388 e. The molecule has 2 atom stereocenters. The Hall–Kier alpha value is -2.91. The van der Waals surface area contributed by atoms with Crippen LogP contribution in [0.2, 0.25) is 15.1 Å². The molecule has 2 aromatic carbocycles. The number of amides is 2. The Morgan fingerprint density at radius 1 is 0.900 bits per heavy atom. The molecule has 3 N–H and O–H groups in total. The van der Waals surface area contributed by atoms with Crippen LogP contribution in [0.15, 0.2) is 42.5 Å². The largest absolute Gasteiger partial charge is 0.388 e. The molecule has 0 saturated heterocycles. The summed E-state index contributed by atoms with van der Waals surface area (Å²) >= 11 is 18.7. The lowest BCUT2D eigenvalue weighted by atomic mass is 9.84. The fourth-order valence-electron chi connectivity index (χ4n) is 4.40. The summed E-state index contributed by atoms with van der Waals surface area (Å²) in [6.07, 6.45) is 0. The third kappa shape index (κ3) is 7.04. The van der Waals surface area contributed by atoms with Crippen molar-refractivity contribution in [2.45, 2.75) is 66.2 Å². The Morgan fingerprint density at radius 3 is 1.98 bits per heavy atom. The van der Waals surface area contributed by atoms with E-state index in [1.165, 1.54) is 25.5 Å². The molecule has 2 amide bonds. The summed E-state index contributed by atoms with van der Waals surface area (Å²) in [7, 11) is 0. The Bertz CT molecular complexity index is 1440. The highest BCUT2D eigenvalue weighted by Gasteiger charge is 2.39. The standard InChI is InChI=1S/C29H33Cl3N4O4/c1-15-22(26(38)34-25(29(6,7)40)27(39)33-24(16(2)37)28(3,4)5)35-36(21-13-12-19(31)14-20(21)32)23(15)17-8-10-18(30)11-9-17/h8-14,24-25,40H,1-7H3,(H,33,39)(H,34,38). The number of hydrogen-bond donors (Lipinski definition) is 3. The molecule has 0 radical (unpaired) electrons. The molecule has 0 aliphatic carbocycles. The Kier molecular flexibility index (Phi) is 9.41. The zero-order valence-electron chi connectivity index (χ0n) is 23.4. The first-order valence-electron chi connectivity index (χ1n) is 12.6. The summed E-state index contributed by atoms with van der Waals surface area (Å²) in [4.78, 5) is 39.2. The van der Waals surface area contributed by atoms with Gasteiger partial charge in [-0.1, -0.05) is 67.7 Å². The van der Waals surface area contributed by atoms with E-state index >= 15 is 0 Å². The minimum atomic E-state index is -1.67. The molecule has 0 aliphatic heterocycles. The molecule has 2 unspecified atom stereocenters. The van der Waals surface area contributed by atoms with Crippen LogP contribution >= 0.6 is 34.8 Å². The van der Waals surface area contributed by atoms with Crippen LogP contribution in [0.25, 0.3) is 16.9 Å². The lowest BCUT2D eigenvalue weighted by molar-refractivity contribution is -0.134. The molecule has 11 heteroatoms. The number of benzene rings is 2. The number of ketones is 1. The van der Waals surface area contributed by atoms with Crippen LogP contribution in [0.3, 0.4) is 0 Å². The van der Waals surface area contributed by atoms with Gasteiger partial charge < -0.3 is 15.7 Å². The number of hydrogen-bond acceptors (Lipinski definition) is 5. The summed E-state index contributed by atoms with van der Waals surface area (Å²) < 4.78 is 1.52. The Labute approximate surface area is 249 Å². The molecular weight excluding hydrogens is 575 g/mol. The molecule has 1 heterocycles. The Balaban J connectivity index is 2.08. The van der Waals surface area contributed by atoms with E-state index in [-0.39, 0.29) is 11.5 Å². The molecule has 0 bridgehead atoms. The molecule has 3 rings (SSSR count). The van der Waals surface area contributed by atoms with Crippen LogP contribution in [-0.4, -0.2) is 50.2 Å². The Morgan fingerprint density at radius 2 is 1.48 bits per heavy atom. The molecule has 0 spiro atoms. The number of nitrogens with zero attached hydrogens (tertiary/aromatic N) is 2. The zero-order valence-corrected chi connectivity index (χ0v) is 25.7. The van der Waals surface area contributed by atoms with Crippen LogP contribution < -0.4 is 10.6 Å². The third-order valence-corrected chi connectivity index (χ3v) is 7.19. The highest BCUT2D eigenvalue weighted by atomic mass is 35.5. The van der Waals surface area contributed by atoms with Crippen LogP contribution in [0.4, 0.5) is 0 Å². The van der Waals surface area contributed by atoms with Gasteiger partial charge in [-0.3, -0.25) is 14.4 Å². The highest BCUT2D eigenvalue weighted by molar-refractivity contribution is 6.35. The van der Waals surface area contributed by atoms with E-state index in [1.54, 1.807) is 49.4 Å². The van der Waals surface area contributed by atoms with Gasteiger partial charge in [-0.05, 0) is 63.4 Å². The molecule has 40 heavy (non-hydrogen) atoms. The van der Waals surface area contributed by atoms with Gasteiger partial charge in [0, 0.05) is 21.2 Å². The number of Topliss-reactive ketones (excluding diaryl/α,β-unsaturated/α-hetero) is 1. The topological polar surface area (TPSA) is 113 Å². The highest BCUT2D eigenvalue weighted by Crippen LogP contribution is 2.33. The quantitative estimate of drug-likeness (QED) is 0.300. The van der Waals surface area contributed by atoms with Crippen molar-refractivity contribution in [1.82, 2.24) is 20.4 Å². The number of carbonyl (C=O) groups is 3. The zero-order chi connectivity index (χ0) is 30.2. The first-order valence-corrected chi connectivity index (χ1v) is 13.7. The van der Waals surface area contributed by atoms with Gasteiger partial charge in [-0.25, -0.2) is 4.68 Å². The summed E-state index contributed by atoms with van der Waals surface area (Å²) in [5.41, 5.74) is 0.00779. The molecule has 0 saturated carbocycles. The molecule has 0 fully saturated rings. The van der Waals surface area contributed by atoms with E-state index in [4.69, 9.17) is 34.8 Å². The van der Waals surface area contributed by atoms with Crippen molar-refractivity contribution in [2.75, 3.05) is 0 Å². The molecule has 8 nitrogen and oxygen atoms in total. The summed E-state index contributed by atoms with van der Waals surface area (Å²) in [6.45, 7) is 11.3. The van der Waals surface area contributed by atoms with Gasteiger partial charge in [0.15, 0.2) is 11.5 Å². The van der Waals surface area contributed by atoms with Gasteiger partial charge in [0.2, 0.25) is 5.91 Å². The van der Waals surface area contributed by atoms with Crippen molar-refractivity contribution in [3.63, 3.8) is 0 Å². The number of halogens is 3. The number of carbonyl (C=O) groups excluding carboxylic acids is 3. The summed E-state index contributed by atoms with van der Waals surface area (Å²) in [6, 6.07) is 9.68. The van der Waals surface area contributed by atoms with Gasteiger partial charge in [0.05, 0.1) is 28.0 Å². The normalized spacial score (nSPS) is 13.5. The molecule has 214 valence electrons. The van der Waals surface area contributed by atoms with E-state index in [0.29, 0.717) is 37.6 Å². The van der Waals surface area contributed by atoms with E-state index in [0.717, 1.165) is 0 Å². The van der Waals surface area contributed by atoms with E-state index in [1.807, 2.05) is 20.8 Å². The molecule has 0 aliphatic rings. The van der Waals surface area contributed by atoms with Gasteiger partial charge in [-0.2, -0.15) is 5.10 Å². The van der Waals surface area contributed by atoms with Crippen LogP contribution in [-0.2, 0) is 9.59 Å². The fraction of sp³-hybridized carbons (Fsp3) is 0.379. The lowest BCUT2D eigenvalue weighted by Gasteiger charge is -2.34. The van der Waals surface area contributed by atoms with E-state index < -0.39 is 34.9 Å². The van der Waals surface area contributed by atoms with Crippen molar-refractivity contribution in [1.29, 1.82) is 0 Å². The predicted octanol–water partition coefficient (Wildman–Crippen LogP) is 5.80. The lowest BCUT2D eigenvalue weighted by Crippen LogP contribution is -2.61. The number of aromatic nitrogens is 2. The average molecular weight is 608 g/mol. The second-order valence-corrected chi connectivity index (χ2v) is 12.6. The number of nitrogens with one attached hydrogen (secondary N) is 2. The van der Waals surface area contributed by atoms with Crippen molar-refractivity contribution in [2.24, 2.45) is 5.41 Å². The monoisotopic (exact) mass is 606 g/mol. The van der Waals surface area contributed by atoms with Crippen molar-refractivity contribution in [3.05, 3.63) is 68.8 Å². The molecule has 1 aromatic heterocycles. The first-order chi connectivity index (χ1) is 18.4. The molecular formula is C29H33Cl3N4O4. The summed E-state index contributed by atoms with van der Waals surface area (Å²) in [5.74, 6) is -1.65. The fourth-order valence-corrected chi connectivity index (χ4v) is 5.02. The second-order valence-electron chi connectivity index (χ2n) is 11.3. The maximum Gasteiger partial charge on any atom is 0.272 e. The average Bonchev–Trinajstić information content (AvgIpc) is 3.16. The maximum atomic E-state index is 13.6. The van der Waals surface area contributed by atoms with Crippen molar-refractivity contribution >= 4 is 52.4 Å². The van der Waals surface area contributed by atoms with Gasteiger partial charge in [0.1, 0.15) is 6.04 Å². The number of aliphatic hydroxyl groups is 1. The number of rotatable bonds is 8. The van der Waals surface area contributed by atoms with Gasteiger partial charge >= 0.3 is 0 Å².